The molecule has 168 valence electrons. The molecule has 0 aliphatic heterocycles. The summed E-state index contributed by atoms with van der Waals surface area (Å²) in [5.41, 5.74) is 12.6. The molecule has 8 N–H and O–H groups in total. The van der Waals surface area contributed by atoms with Crippen LogP contribution in [0.3, 0.4) is 0 Å². The molecule has 0 saturated heterocycles. The zero-order chi connectivity index (χ0) is 23.1. The molecule has 0 saturated carbocycles. The van der Waals surface area contributed by atoms with Crippen molar-refractivity contribution in [2.75, 3.05) is 0 Å². The molecule has 2 aromatic rings. The van der Waals surface area contributed by atoms with Crippen LogP contribution in [0.4, 0.5) is 0 Å². The zero-order valence-corrected chi connectivity index (χ0v) is 17.6. The average Bonchev–Trinajstić information content (AvgIpc) is 3.08. The minimum absolute atomic E-state index is 0.00911. The predicted octanol–water partition coefficient (Wildman–Crippen LogP) is 0.0134. The summed E-state index contributed by atoms with van der Waals surface area (Å²) in [5, 5.41) is 15.2. The lowest BCUT2D eigenvalue weighted by atomic mass is 10.0. The van der Waals surface area contributed by atoms with Crippen LogP contribution in [0.2, 0.25) is 0 Å². The van der Waals surface area contributed by atoms with E-state index in [-0.39, 0.29) is 12.3 Å². The van der Waals surface area contributed by atoms with Gasteiger partial charge in [0.25, 0.3) is 0 Å². The summed E-state index contributed by atoms with van der Waals surface area (Å²) in [7, 11) is 0. The summed E-state index contributed by atoms with van der Waals surface area (Å²) in [6, 6.07) is 3.90. The van der Waals surface area contributed by atoms with E-state index in [1.54, 1.807) is 6.20 Å². The lowest BCUT2D eigenvalue weighted by Crippen LogP contribution is -2.55. The molecule has 0 aliphatic carbocycles. The summed E-state index contributed by atoms with van der Waals surface area (Å²) in [6.07, 6.45) is 1.59. The molecule has 2 rings (SSSR count). The smallest absolute Gasteiger partial charge is 0.326 e. The van der Waals surface area contributed by atoms with Gasteiger partial charge in [0.15, 0.2) is 0 Å². The molecule has 10 heteroatoms. The monoisotopic (exact) mass is 431 g/mol. The first-order valence-corrected chi connectivity index (χ1v) is 10.0. The van der Waals surface area contributed by atoms with Crippen molar-refractivity contribution in [2.45, 2.75) is 51.2 Å². The van der Waals surface area contributed by atoms with E-state index >= 15 is 0 Å². The second-order valence-electron chi connectivity index (χ2n) is 7.93. The largest absolute Gasteiger partial charge is 0.480 e. The Morgan fingerprint density at radius 3 is 2.32 bits per heavy atom. The van der Waals surface area contributed by atoms with Crippen LogP contribution in [0, 0.1) is 5.92 Å². The molecule has 3 amide bonds. The Labute approximate surface area is 179 Å². The van der Waals surface area contributed by atoms with E-state index in [0.29, 0.717) is 12.0 Å². The minimum Gasteiger partial charge on any atom is -0.480 e. The molecule has 1 heterocycles. The van der Waals surface area contributed by atoms with Gasteiger partial charge in [-0.25, -0.2) is 4.79 Å². The number of primary amides is 1. The second kappa shape index (κ2) is 10.6. The number of nitrogens with one attached hydrogen (secondary N) is 3. The normalized spacial score (nSPS) is 14.1. The van der Waals surface area contributed by atoms with Gasteiger partial charge in [-0.2, -0.15) is 0 Å². The highest BCUT2D eigenvalue weighted by molar-refractivity contribution is 5.95. The number of carbonyl (C=O) groups is 4. The van der Waals surface area contributed by atoms with Crippen molar-refractivity contribution < 1.29 is 24.3 Å². The third kappa shape index (κ3) is 6.82. The van der Waals surface area contributed by atoms with Crippen LogP contribution in [0.25, 0.3) is 10.9 Å². The van der Waals surface area contributed by atoms with Crippen LogP contribution in [-0.2, 0) is 25.6 Å². The number of para-hydroxylation sites is 1. The van der Waals surface area contributed by atoms with Crippen molar-refractivity contribution in [3.8, 4) is 0 Å². The van der Waals surface area contributed by atoms with E-state index in [9.17, 15) is 24.3 Å². The van der Waals surface area contributed by atoms with E-state index < -0.39 is 48.2 Å². The Hall–Kier alpha value is -3.40. The van der Waals surface area contributed by atoms with Crippen molar-refractivity contribution in [3.63, 3.8) is 0 Å². The lowest BCUT2D eigenvalue weighted by molar-refractivity contribution is -0.142. The Kier molecular flexibility index (Phi) is 8.14. The van der Waals surface area contributed by atoms with Crippen molar-refractivity contribution in [2.24, 2.45) is 17.4 Å². The topological polar surface area (TPSA) is 180 Å². The van der Waals surface area contributed by atoms with Gasteiger partial charge in [0.2, 0.25) is 17.7 Å². The number of hydrogen-bond donors (Lipinski definition) is 6. The number of nitrogens with two attached hydrogens (primary N) is 2. The fourth-order valence-electron chi connectivity index (χ4n) is 3.30. The molecule has 3 atom stereocenters. The standard InChI is InChI=1S/C21H29N5O5/c1-11(2)7-14(22)19(28)25-16(9-18(23)27)20(29)26-17(21(30)31)8-12-10-24-15-6-4-3-5-13(12)15/h3-6,10-11,14,16-17,24H,7-9,22H2,1-2H3,(H2,23,27)(H,25,28)(H,26,29)(H,30,31). The van der Waals surface area contributed by atoms with Crippen molar-refractivity contribution >= 4 is 34.6 Å². The summed E-state index contributed by atoms with van der Waals surface area (Å²) in [5.74, 6) is -3.35. The van der Waals surface area contributed by atoms with Gasteiger partial charge < -0.3 is 32.2 Å². The summed E-state index contributed by atoms with van der Waals surface area (Å²) < 4.78 is 0. The van der Waals surface area contributed by atoms with Gasteiger partial charge in [-0.3, -0.25) is 14.4 Å². The number of H-pyrrole nitrogens is 1. The van der Waals surface area contributed by atoms with Gasteiger partial charge in [-0.05, 0) is 24.0 Å². The van der Waals surface area contributed by atoms with Crippen LogP contribution < -0.4 is 22.1 Å². The zero-order valence-electron chi connectivity index (χ0n) is 17.6. The van der Waals surface area contributed by atoms with Crippen molar-refractivity contribution in [1.82, 2.24) is 15.6 Å². The molecule has 10 nitrogen and oxygen atoms in total. The van der Waals surface area contributed by atoms with Gasteiger partial charge in [-0.15, -0.1) is 0 Å². The van der Waals surface area contributed by atoms with Crippen molar-refractivity contribution in [1.29, 1.82) is 0 Å². The minimum atomic E-state index is -1.33. The maximum atomic E-state index is 12.7. The van der Waals surface area contributed by atoms with Gasteiger partial charge in [0.1, 0.15) is 12.1 Å². The van der Waals surface area contributed by atoms with Gasteiger partial charge in [0, 0.05) is 23.5 Å². The van der Waals surface area contributed by atoms with Crippen LogP contribution >= 0.6 is 0 Å². The fraction of sp³-hybridized carbons (Fsp3) is 0.429. The molecule has 1 aromatic carbocycles. The third-order valence-electron chi connectivity index (χ3n) is 4.81. The Balaban J connectivity index is 2.13. The Morgan fingerprint density at radius 2 is 1.71 bits per heavy atom. The van der Waals surface area contributed by atoms with Crippen LogP contribution in [0.15, 0.2) is 30.5 Å². The highest BCUT2D eigenvalue weighted by atomic mass is 16.4. The number of benzene rings is 1. The van der Waals surface area contributed by atoms with Gasteiger partial charge >= 0.3 is 5.97 Å². The van der Waals surface area contributed by atoms with Crippen LogP contribution in [0.1, 0.15) is 32.3 Å². The molecular formula is C21H29N5O5. The number of fused-ring (bicyclic) bond motifs is 1. The van der Waals surface area contributed by atoms with Crippen LogP contribution in [-0.4, -0.2) is 51.9 Å². The molecule has 0 radical (unpaired) electrons. The lowest BCUT2D eigenvalue weighted by Gasteiger charge is -2.22. The molecule has 0 aliphatic rings. The van der Waals surface area contributed by atoms with E-state index in [0.717, 1.165) is 10.9 Å². The first-order chi connectivity index (χ1) is 14.6. The summed E-state index contributed by atoms with van der Waals surface area (Å²) in [6.45, 7) is 3.78. The van der Waals surface area contributed by atoms with Crippen molar-refractivity contribution in [3.05, 3.63) is 36.0 Å². The van der Waals surface area contributed by atoms with Crippen LogP contribution in [0.5, 0.6) is 0 Å². The van der Waals surface area contributed by atoms with E-state index in [2.05, 4.69) is 15.6 Å². The SMILES string of the molecule is CC(C)CC(N)C(=O)NC(CC(N)=O)C(=O)NC(Cc1c[nH]c2ccccc12)C(=O)O. The first kappa shape index (κ1) is 23.9. The second-order valence-corrected chi connectivity index (χ2v) is 7.93. The highest BCUT2D eigenvalue weighted by Crippen LogP contribution is 2.19. The molecule has 31 heavy (non-hydrogen) atoms. The quantitative estimate of drug-likeness (QED) is 0.291. The molecule has 0 spiro atoms. The molecule has 0 bridgehead atoms. The predicted molar refractivity (Wildman–Crippen MR) is 115 cm³/mol. The van der Waals surface area contributed by atoms with Gasteiger partial charge in [-0.1, -0.05) is 32.0 Å². The number of aromatic amines is 1. The summed E-state index contributed by atoms with van der Waals surface area (Å²) >= 11 is 0. The number of carboxylic acids is 1. The number of amides is 3. The molecule has 3 unspecified atom stereocenters. The average molecular weight is 431 g/mol. The van der Waals surface area contributed by atoms with E-state index in [1.165, 1.54) is 0 Å². The van der Waals surface area contributed by atoms with Gasteiger partial charge in [0.05, 0.1) is 12.5 Å². The molecule has 1 aromatic heterocycles. The summed E-state index contributed by atoms with van der Waals surface area (Å²) in [4.78, 5) is 51.3. The maximum absolute atomic E-state index is 12.7. The maximum Gasteiger partial charge on any atom is 0.326 e. The molecule has 0 fully saturated rings. The number of hydrogen-bond acceptors (Lipinski definition) is 5. The highest BCUT2D eigenvalue weighted by Gasteiger charge is 2.29. The third-order valence-corrected chi connectivity index (χ3v) is 4.81. The molecular weight excluding hydrogens is 402 g/mol. The van der Waals surface area contributed by atoms with E-state index in [1.807, 2.05) is 38.1 Å². The number of aromatic nitrogens is 1. The first-order valence-electron chi connectivity index (χ1n) is 10.0. The fourth-order valence-corrected chi connectivity index (χ4v) is 3.30. The number of rotatable bonds is 11. The Morgan fingerprint density at radius 1 is 1.06 bits per heavy atom. The van der Waals surface area contributed by atoms with E-state index in [4.69, 9.17) is 11.5 Å². The number of carboxylic acid groups (broad SMARTS) is 1. The number of aliphatic carboxylic acids is 1. The number of carbonyl (C=O) groups excluding carboxylic acids is 3. The Bertz CT molecular complexity index is 955.